The van der Waals surface area contributed by atoms with E-state index in [1.165, 1.54) is 0 Å². The topological polar surface area (TPSA) is 147 Å². The van der Waals surface area contributed by atoms with Crippen molar-refractivity contribution in [1.82, 2.24) is 0 Å². The molecule has 8 heteroatoms. The number of hydrogen-bond acceptors (Lipinski definition) is 6. The van der Waals surface area contributed by atoms with Gasteiger partial charge >= 0.3 is 11.9 Å². The zero-order chi connectivity index (χ0) is 13.8. The van der Waals surface area contributed by atoms with Gasteiger partial charge in [-0.15, -0.1) is 0 Å². The Kier molecular flexibility index (Phi) is 12.7. The van der Waals surface area contributed by atoms with Crippen LogP contribution in [-0.2, 0) is 9.59 Å². The smallest absolute Gasteiger partial charge is 0.320 e. The first-order valence-corrected chi connectivity index (χ1v) is 6.32. The molecule has 0 rings (SSSR count). The third-order valence-electron chi connectivity index (χ3n) is 1.71. The Hall–Kier alpha value is -0.830. The van der Waals surface area contributed by atoms with E-state index in [0.717, 1.165) is 5.75 Å². The molecule has 0 aromatic rings. The summed E-state index contributed by atoms with van der Waals surface area (Å²) in [5.74, 6) is -1.17. The van der Waals surface area contributed by atoms with Crippen LogP contribution in [0.3, 0.4) is 0 Å². The second-order valence-electron chi connectivity index (χ2n) is 3.18. The molecule has 0 aliphatic carbocycles. The molecule has 2 atom stereocenters. The predicted molar refractivity (Wildman–Crippen MR) is 65.9 cm³/mol. The fraction of sp³-hybridized carbons (Fsp3) is 0.778. The van der Waals surface area contributed by atoms with Crippen molar-refractivity contribution in [3.8, 4) is 0 Å². The summed E-state index contributed by atoms with van der Waals surface area (Å²) in [6, 6.07) is -1.60. The molecule has 7 nitrogen and oxygen atoms in total. The van der Waals surface area contributed by atoms with Crippen molar-refractivity contribution in [2.24, 2.45) is 11.5 Å². The van der Waals surface area contributed by atoms with E-state index in [0.29, 0.717) is 6.42 Å². The lowest BCUT2D eigenvalue weighted by molar-refractivity contribution is -0.139. The molecule has 0 aliphatic rings. The molecule has 0 amide bonds. The highest BCUT2D eigenvalue weighted by Crippen LogP contribution is 1.97. The second-order valence-corrected chi connectivity index (χ2v) is 4.17. The molecule has 0 fully saturated rings. The van der Waals surface area contributed by atoms with E-state index in [9.17, 15) is 9.59 Å². The van der Waals surface area contributed by atoms with Crippen LogP contribution in [0.25, 0.3) is 0 Å². The quantitative estimate of drug-likeness (QED) is 0.392. The number of hydrogen-bond donors (Lipinski definition) is 5. The number of thioether (sulfide) groups is 1. The van der Waals surface area contributed by atoms with Crippen molar-refractivity contribution in [3.63, 3.8) is 0 Å². The first kappa shape index (κ1) is 18.5. The third kappa shape index (κ3) is 13.1. The zero-order valence-corrected chi connectivity index (χ0v) is 10.5. The number of aliphatic carboxylic acids is 2. The molecule has 0 saturated carbocycles. The van der Waals surface area contributed by atoms with Crippen LogP contribution in [0.4, 0.5) is 0 Å². The first-order chi connectivity index (χ1) is 7.86. The monoisotopic (exact) mass is 268 g/mol. The van der Waals surface area contributed by atoms with Crippen molar-refractivity contribution >= 4 is 23.7 Å². The lowest BCUT2D eigenvalue weighted by Gasteiger charge is -2.02. The fourth-order valence-corrected chi connectivity index (χ4v) is 1.12. The summed E-state index contributed by atoms with van der Waals surface area (Å²) in [6.45, 7) is -0.173. The summed E-state index contributed by atoms with van der Waals surface area (Å²) >= 11 is 1.60. The van der Waals surface area contributed by atoms with Gasteiger partial charge in [-0.3, -0.25) is 9.59 Å². The number of carboxylic acids is 2. The molecule has 0 radical (unpaired) electrons. The lowest BCUT2D eigenvalue weighted by atomic mass is 10.2. The SMILES string of the molecule is CSCCC(N)C(=O)O.NC(CCO)C(=O)O. The molecule has 7 N–H and O–H groups in total. The minimum atomic E-state index is -1.07. The normalized spacial score (nSPS) is 13.2. The number of carbonyl (C=O) groups is 2. The highest BCUT2D eigenvalue weighted by atomic mass is 32.2. The van der Waals surface area contributed by atoms with Gasteiger partial charge in [-0.25, -0.2) is 0 Å². The molecule has 2 unspecified atom stereocenters. The second kappa shape index (κ2) is 11.6. The van der Waals surface area contributed by atoms with Crippen LogP contribution in [0, 0.1) is 0 Å². The maximum Gasteiger partial charge on any atom is 0.320 e. The number of carboxylic acid groups (broad SMARTS) is 2. The van der Waals surface area contributed by atoms with Crippen LogP contribution in [0.1, 0.15) is 12.8 Å². The van der Waals surface area contributed by atoms with Gasteiger partial charge in [-0.1, -0.05) is 0 Å². The van der Waals surface area contributed by atoms with E-state index in [-0.39, 0.29) is 13.0 Å². The Morgan fingerprint density at radius 3 is 1.76 bits per heavy atom. The average molecular weight is 268 g/mol. The molecule has 102 valence electrons. The van der Waals surface area contributed by atoms with Crippen LogP contribution in [0.2, 0.25) is 0 Å². The van der Waals surface area contributed by atoms with Crippen LogP contribution in [0.15, 0.2) is 0 Å². The van der Waals surface area contributed by atoms with E-state index in [2.05, 4.69) is 0 Å². The van der Waals surface area contributed by atoms with E-state index < -0.39 is 24.0 Å². The summed E-state index contributed by atoms with van der Waals surface area (Å²) in [5.41, 5.74) is 10.2. The Bertz CT molecular complexity index is 227. The van der Waals surface area contributed by atoms with Crippen molar-refractivity contribution in [1.29, 1.82) is 0 Å². The van der Waals surface area contributed by atoms with E-state index in [1.54, 1.807) is 11.8 Å². The summed E-state index contributed by atoms with van der Waals surface area (Å²) in [7, 11) is 0. The van der Waals surface area contributed by atoms with E-state index >= 15 is 0 Å². The standard InChI is InChI=1S/C5H11NO2S.C4H9NO3/c1-9-3-2-4(6)5(7)8;5-3(1-2-6)4(7)8/h4H,2-3,6H2,1H3,(H,7,8);3,6H,1-2,5H2,(H,7,8). The molecule has 0 aliphatic heterocycles. The number of rotatable bonds is 7. The van der Waals surface area contributed by atoms with Gasteiger partial charge in [-0.2, -0.15) is 11.8 Å². The van der Waals surface area contributed by atoms with Gasteiger partial charge in [0.1, 0.15) is 12.1 Å². The summed E-state index contributed by atoms with van der Waals surface area (Å²) in [5, 5.41) is 24.5. The molecule has 17 heavy (non-hydrogen) atoms. The lowest BCUT2D eigenvalue weighted by Crippen LogP contribution is -2.30. The summed E-state index contributed by atoms with van der Waals surface area (Å²) in [4.78, 5) is 19.9. The van der Waals surface area contributed by atoms with Crippen molar-refractivity contribution < 1.29 is 24.9 Å². The molecule has 0 aromatic heterocycles. The molecular weight excluding hydrogens is 248 g/mol. The van der Waals surface area contributed by atoms with Gasteiger partial charge in [0.15, 0.2) is 0 Å². The van der Waals surface area contributed by atoms with Crippen LogP contribution < -0.4 is 11.5 Å². The molecule has 0 heterocycles. The zero-order valence-electron chi connectivity index (χ0n) is 9.70. The van der Waals surface area contributed by atoms with E-state index in [1.807, 2.05) is 6.26 Å². The number of aliphatic hydroxyl groups is 1. The molecule has 0 bridgehead atoms. The van der Waals surface area contributed by atoms with Gasteiger partial charge in [-0.05, 0) is 24.9 Å². The van der Waals surface area contributed by atoms with Crippen molar-refractivity contribution in [2.75, 3.05) is 18.6 Å². The first-order valence-electron chi connectivity index (χ1n) is 4.93. The maximum atomic E-state index is 10.1. The molecule has 0 aromatic carbocycles. The largest absolute Gasteiger partial charge is 0.480 e. The Labute approximate surface area is 104 Å². The van der Waals surface area contributed by atoms with Gasteiger partial charge in [0, 0.05) is 6.61 Å². The summed E-state index contributed by atoms with van der Waals surface area (Å²) in [6.07, 6.45) is 2.60. The highest BCUT2D eigenvalue weighted by Gasteiger charge is 2.09. The van der Waals surface area contributed by atoms with Gasteiger partial charge in [0.2, 0.25) is 0 Å². The number of nitrogens with two attached hydrogens (primary N) is 2. The minimum absolute atomic E-state index is 0.120. The average Bonchev–Trinajstić information content (AvgIpc) is 2.26. The van der Waals surface area contributed by atoms with Gasteiger partial charge in [0.25, 0.3) is 0 Å². The minimum Gasteiger partial charge on any atom is -0.480 e. The molecular formula is C9H20N2O5S. The maximum absolute atomic E-state index is 10.1. The van der Waals surface area contributed by atoms with Crippen molar-refractivity contribution in [2.45, 2.75) is 24.9 Å². The fourth-order valence-electron chi connectivity index (χ4n) is 0.631. The number of aliphatic hydroxyl groups excluding tert-OH is 1. The predicted octanol–water partition coefficient (Wildman–Crippen LogP) is -1.07. The van der Waals surface area contributed by atoms with Crippen LogP contribution >= 0.6 is 11.8 Å². The van der Waals surface area contributed by atoms with Crippen LogP contribution in [-0.4, -0.2) is 58.0 Å². The third-order valence-corrected chi connectivity index (χ3v) is 2.35. The van der Waals surface area contributed by atoms with Crippen LogP contribution in [0.5, 0.6) is 0 Å². The van der Waals surface area contributed by atoms with Crippen molar-refractivity contribution in [3.05, 3.63) is 0 Å². The Morgan fingerprint density at radius 1 is 1.12 bits per heavy atom. The van der Waals surface area contributed by atoms with Gasteiger partial charge in [0.05, 0.1) is 0 Å². The van der Waals surface area contributed by atoms with Gasteiger partial charge < -0.3 is 26.8 Å². The molecule has 0 spiro atoms. The van der Waals surface area contributed by atoms with E-state index in [4.69, 9.17) is 26.8 Å². The highest BCUT2D eigenvalue weighted by molar-refractivity contribution is 7.98. The summed E-state index contributed by atoms with van der Waals surface area (Å²) < 4.78 is 0. The Balaban J connectivity index is 0. The molecule has 0 saturated heterocycles. The Morgan fingerprint density at radius 2 is 1.53 bits per heavy atom.